The van der Waals surface area contributed by atoms with Gasteiger partial charge in [0.1, 0.15) is 5.69 Å². The molecule has 0 N–H and O–H groups in total. The minimum Gasteiger partial charge on any atom is -0.274 e. The van der Waals surface area contributed by atoms with Gasteiger partial charge in [0.25, 0.3) is 0 Å². The fraction of sp³-hybridized carbons (Fsp3) is 0.143. The van der Waals surface area contributed by atoms with Gasteiger partial charge in [0.2, 0.25) is 0 Å². The van der Waals surface area contributed by atoms with Crippen LogP contribution in [-0.4, -0.2) is 19.6 Å². The highest BCUT2D eigenvalue weighted by Gasteiger charge is 1.96. The van der Waals surface area contributed by atoms with Gasteiger partial charge < -0.3 is 0 Å². The van der Waals surface area contributed by atoms with Crippen molar-refractivity contribution in [3.05, 3.63) is 30.9 Å². The first-order valence-corrected chi connectivity index (χ1v) is 3.35. The monoisotopic (exact) mass is 148 g/mol. The SMILES string of the molecule is Cn1cc(-n2cccn2)cn1. The second kappa shape index (κ2) is 2.23. The van der Waals surface area contributed by atoms with Crippen LogP contribution in [0.2, 0.25) is 0 Å². The van der Waals surface area contributed by atoms with Crippen molar-refractivity contribution >= 4 is 0 Å². The summed E-state index contributed by atoms with van der Waals surface area (Å²) in [5, 5.41) is 8.09. The van der Waals surface area contributed by atoms with E-state index in [0.717, 1.165) is 5.69 Å². The lowest BCUT2D eigenvalue weighted by Crippen LogP contribution is -1.91. The van der Waals surface area contributed by atoms with Gasteiger partial charge in [-0.15, -0.1) is 0 Å². The van der Waals surface area contributed by atoms with Gasteiger partial charge in [-0.1, -0.05) is 0 Å². The highest BCUT2D eigenvalue weighted by molar-refractivity contribution is 5.22. The molecule has 2 aromatic heterocycles. The molecule has 2 rings (SSSR count). The maximum absolute atomic E-state index is 4.06. The number of hydrogen-bond donors (Lipinski definition) is 0. The largest absolute Gasteiger partial charge is 0.274 e. The molecule has 0 atom stereocenters. The van der Waals surface area contributed by atoms with Crippen molar-refractivity contribution in [3.63, 3.8) is 0 Å². The molecule has 2 aromatic rings. The second-order valence-electron chi connectivity index (χ2n) is 2.32. The second-order valence-corrected chi connectivity index (χ2v) is 2.32. The van der Waals surface area contributed by atoms with Crippen molar-refractivity contribution in [2.24, 2.45) is 7.05 Å². The van der Waals surface area contributed by atoms with Crippen LogP contribution in [0.15, 0.2) is 30.9 Å². The first-order chi connectivity index (χ1) is 5.36. The molecule has 4 heteroatoms. The summed E-state index contributed by atoms with van der Waals surface area (Å²) < 4.78 is 3.52. The van der Waals surface area contributed by atoms with Crippen molar-refractivity contribution in [3.8, 4) is 5.69 Å². The molecule has 56 valence electrons. The van der Waals surface area contributed by atoms with Gasteiger partial charge >= 0.3 is 0 Å². The van der Waals surface area contributed by atoms with Crippen LogP contribution < -0.4 is 0 Å². The van der Waals surface area contributed by atoms with Gasteiger partial charge in [-0.25, -0.2) is 4.68 Å². The summed E-state index contributed by atoms with van der Waals surface area (Å²) in [5.74, 6) is 0. The zero-order valence-electron chi connectivity index (χ0n) is 6.18. The fourth-order valence-corrected chi connectivity index (χ4v) is 0.948. The molecule has 11 heavy (non-hydrogen) atoms. The van der Waals surface area contributed by atoms with Gasteiger partial charge in [-0.3, -0.25) is 4.68 Å². The van der Waals surface area contributed by atoms with E-state index in [1.54, 1.807) is 21.8 Å². The molecule has 4 nitrogen and oxygen atoms in total. The van der Waals surface area contributed by atoms with Crippen molar-refractivity contribution in [2.75, 3.05) is 0 Å². The zero-order chi connectivity index (χ0) is 7.68. The topological polar surface area (TPSA) is 35.6 Å². The van der Waals surface area contributed by atoms with Gasteiger partial charge in [0, 0.05) is 19.4 Å². The summed E-state index contributed by atoms with van der Waals surface area (Å²) in [5.41, 5.74) is 0.984. The Labute approximate surface area is 64.1 Å². The van der Waals surface area contributed by atoms with Crippen LogP contribution in [0, 0.1) is 0 Å². The molecule has 0 bridgehead atoms. The molecule has 0 saturated carbocycles. The Hall–Kier alpha value is -1.58. The molecule has 0 spiro atoms. The van der Waals surface area contributed by atoms with Gasteiger partial charge in [-0.05, 0) is 6.07 Å². The van der Waals surface area contributed by atoms with Crippen molar-refractivity contribution in [1.29, 1.82) is 0 Å². The summed E-state index contributed by atoms with van der Waals surface area (Å²) in [6.45, 7) is 0. The Morgan fingerprint density at radius 2 is 2.27 bits per heavy atom. The van der Waals surface area contributed by atoms with E-state index in [2.05, 4.69) is 10.2 Å². The number of aromatic nitrogens is 4. The molecule has 0 saturated heterocycles. The quantitative estimate of drug-likeness (QED) is 0.593. The number of rotatable bonds is 1. The highest BCUT2D eigenvalue weighted by Crippen LogP contribution is 2.01. The summed E-state index contributed by atoms with van der Waals surface area (Å²) in [4.78, 5) is 0. The van der Waals surface area contributed by atoms with Crippen LogP contribution in [0.25, 0.3) is 5.69 Å². The zero-order valence-corrected chi connectivity index (χ0v) is 6.18. The Morgan fingerprint density at radius 1 is 1.36 bits per heavy atom. The smallest absolute Gasteiger partial charge is 0.102 e. The lowest BCUT2D eigenvalue weighted by Gasteiger charge is -1.91. The third kappa shape index (κ3) is 1.02. The minimum atomic E-state index is 0.984. The molecule has 0 amide bonds. The van der Waals surface area contributed by atoms with Crippen LogP contribution in [0.4, 0.5) is 0 Å². The lowest BCUT2D eigenvalue weighted by atomic mass is 10.6. The summed E-state index contributed by atoms with van der Waals surface area (Å²) >= 11 is 0. The van der Waals surface area contributed by atoms with Crippen LogP contribution in [0.3, 0.4) is 0 Å². The Morgan fingerprint density at radius 3 is 2.82 bits per heavy atom. The predicted molar refractivity (Wildman–Crippen MR) is 40.3 cm³/mol. The van der Waals surface area contributed by atoms with E-state index in [4.69, 9.17) is 0 Å². The van der Waals surface area contributed by atoms with E-state index in [0.29, 0.717) is 0 Å². The summed E-state index contributed by atoms with van der Waals surface area (Å²) in [7, 11) is 1.88. The predicted octanol–water partition coefficient (Wildman–Crippen LogP) is 0.606. The number of hydrogen-bond acceptors (Lipinski definition) is 2. The van der Waals surface area contributed by atoms with Crippen LogP contribution in [-0.2, 0) is 7.05 Å². The molecule has 0 aromatic carbocycles. The average molecular weight is 148 g/mol. The Balaban J connectivity index is 2.45. The van der Waals surface area contributed by atoms with Gasteiger partial charge in [-0.2, -0.15) is 10.2 Å². The third-order valence-electron chi connectivity index (χ3n) is 1.46. The standard InChI is InChI=1S/C7H8N4/c1-10-6-7(5-9-10)11-4-2-3-8-11/h2-6H,1H3. The summed E-state index contributed by atoms with van der Waals surface area (Å²) in [6.07, 6.45) is 7.31. The third-order valence-corrected chi connectivity index (χ3v) is 1.46. The molecule has 0 fully saturated rings. The van der Waals surface area contributed by atoms with Crippen molar-refractivity contribution in [2.45, 2.75) is 0 Å². The van der Waals surface area contributed by atoms with Gasteiger partial charge in [0.15, 0.2) is 0 Å². The number of aryl methyl sites for hydroxylation is 1. The molecule has 2 heterocycles. The van der Waals surface area contributed by atoms with Crippen LogP contribution in [0.5, 0.6) is 0 Å². The van der Waals surface area contributed by atoms with E-state index in [1.165, 1.54) is 0 Å². The van der Waals surface area contributed by atoms with E-state index in [9.17, 15) is 0 Å². The molecule has 0 unspecified atom stereocenters. The van der Waals surface area contributed by atoms with E-state index in [-0.39, 0.29) is 0 Å². The fourth-order valence-electron chi connectivity index (χ4n) is 0.948. The van der Waals surface area contributed by atoms with Gasteiger partial charge in [0.05, 0.1) is 12.4 Å². The summed E-state index contributed by atoms with van der Waals surface area (Å²) in [6, 6.07) is 1.88. The number of nitrogens with zero attached hydrogens (tertiary/aromatic N) is 4. The molecule has 0 aliphatic heterocycles. The van der Waals surface area contributed by atoms with E-state index < -0.39 is 0 Å². The molecular formula is C7H8N4. The molecular weight excluding hydrogens is 140 g/mol. The van der Waals surface area contributed by atoms with Crippen LogP contribution >= 0.6 is 0 Å². The maximum Gasteiger partial charge on any atom is 0.102 e. The Bertz CT molecular complexity index is 333. The average Bonchev–Trinajstić information content (AvgIpc) is 2.55. The van der Waals surface area contributed by atoms with Crippen LogP contribution in [0.1, 0.15) is 0 Å². The first kappa shape index (κ1) is 6.15. The highest BCUT2D eigenvalue weighted by atomic mass is 15.3. The lowest BCUT2D eigenvalue weighted by molar-refractivity contribution is 0.766. The van der Waals surface area contributed by atoms with E-state index in [1.807, 2.05) is 25.5 Å². The maximum atomic E-state index is 4.06. The first-order valence-electron chi connectivity index (χ1n) is 3.35. The normalized spacial score (nSPS) is 10.3. The molecule has 0 radical (unpaired) electrons. The van der Waals surface area contributed by atoms with Crippen molar-refractivity contribution in [1.82, 2.24) is 19.6 Å². The Kier molecular flexibility index (Phi) is 1.25. The van der Waals surface area contributed by atoms with E-state index >= 15 is 0 Å². The minimum absolute atomic E-state index is 0.984. The molecule has 0 aliphatic rings. The molecule has 0 aliphatic carbocycles. The van der Waals surface area contributed by atoms with Crippen molar-refractivity contribution < 1.29 is 0 Å².